The molecular formula is C18H16F2N2O3. The molecule has 0 unspecified atom stereocenters. The zero-order valence-corrected chi connectivity index (χ0v) is 13.3. The summed E-state index contributed by atoms with van der Waals surface area (Å²) in [4.78, 5) is 23.6. The van der Waals surface area contributed by atoms with Crippen LogP contribution in [-0.4, -0.2) is 18.4 Å². The van der Waals surface area contributed by atoms with Crippen LogP contribution in [0.1, 0.15) is 21.5 Å². The summed E-state index contributed by atoms with van der Waals surface area (Å²) in [5.74, 6) is -1.14. The van der Waals surface area contributed by atoms with Crippen molar-refractivity contribution in [3.05, 3.63) is 71.3 Å². The first-order valence-corrected chi connectivity index (χ1v) is 7.34. The van der Waals surface area contributed by atoms with Gasteiger partial charge in [-0.25, -0.2) is 0 Å². The highest BCUT2D eigenvalue weighted by Gasteiger charge is 2.08. The average Bonchev–Trinajstić information content (AvgIpc) is 2.59. The number of benzene rings is 2. The number of nitrogens with one attached hydrogen (secondary N) is 2. The number of ether oxygens (including phenoxy) is 1. The number of halogens is 2. The molecule has 0 aliphatic heterocycles. The molecule has 2 rings (SSSR count). The van der Waals surface area contributed by atoms with Gasteiger partial charge in [0.1, 0.15) is 5.75 Å². The highest BCUT2D eigenvalue weighted by atomic mass is 19.3. The topological polar surface area (TPSA) is 67.4 Å². The molecule has 2 amide bonds. The van der Waals surface area contributed by atoms with Crippen LogP contribution in [0.5, 0.6) is 5.75 Å². The largest absolute Gasteiger partial charge is 0.434 e. The second kappa shape index (κ2) is 8.58. The van der Waals surface area contributed by atoms with Gasteiger partial charge in [0.15, 0.2) is 0 Å². The summed E-state index contributed by atoms with van der Waals surface area (Å²) >= 11 is 0. The Kier molecular flexibility index (Phi) is 6.22. The first-order valence-electron chi connectivity index (χ1n) is 7.34. The van der Waals surface area contributed by atoms with Crippen LogP contribution in [0.2, 0.25) is 0 Å². The van der Waals surface area contributed by atoms with Crippen molar-refractivity contribution in [1.29, 1.82) is 0 Å². The second-order valence-electron chi connectivity index (χ2n) is 5.06. The molecule has 25 heavy (non-hydrogen) atoms. The Hall–Kier alpha value is -3.22. The van der Waals surface area contributed by atoms with Crippen LogP contribution >= 0.6 is 0 Å². The summed E-state index contributed by atoms with van der Waals surface area (Å²) in [7, 11) is 0. The van der Waals surface area contributed by atoms with Gasteiger partial charge in [0.25, 0.3) is 11.8 Å². The van der Waals surface area contributed by atoms with Crippen LogP contribution in [0.4, 0.5) is 8.78 Å². The van der Waals surface area contributed by atoms with E-state index < -0.39 is 18.4 Å². The van der Waals surface area contributed by atoms with Crippen LogP contribution in [0.3, 0.4) is 0 Å². The van der Waals surface area contributed by atoms with Crippen LogP contribution < -0.4 is 15.6 Å². The molecule has 0 fully saturated rings. The molecule has 0 saturated heterocycles. The van der Waals surface area contributed by atoms with E-state index in [1.165, 1.54) is 24.3 Å². The first-order chi connectivity index (χ1) is 12.0. The molecule has 5 nitrogen and oxygen atoms in total. The summed E-state index contributed by atoms with van der Waals surface area (Å²) in [6, 6.07) is 12.9. The number of aryl methyl sites for hydroxylation is 1. The number of carbonyl (C=O) groups is 2. The van der Waals surface area contributed by atoms with E-state index in [0.29, 0.717) is 11.1 Å². The monoisotopic (exact) mass is 346 g/mol. The second-order valence-corrected chi connectivity index (χ2v) is 5.06. The van der Waals surface area contributed by atoms with E-state index in [-0.39, 0.29) is 5.75 Å². The lowest BCUT2D eigenvalue weighted by molar-refractivity contribution is -0.117. The van der Waals surface area contributed by atoms with E-state index in [2.05, 4.69) is 15.6 Å². The van der Waals surface area contributed by atoms with Crippen molar-refractivity contribution in [2.75, 3.05) is 0 Å². The fraction of sp³-hybridized carbons (Fsp3) is 0.111. The number of hydrogen-bond donors (Lipinski definition) is 2. The Morgan fingerprint density at radius 2 is 1.72 bits per heavy atom. The minimum absolute atomic E-state index is 0.0507. The van der Waals surface area contributed by atoms with Crippen LogP contribution in [0, 0.1) is 6.92 Å². The maximum atomic E-state index is 12.3. The fourth-order valence-corrected chi connectivity index (χ4v) is 1.92. The van der Waals surface area contributed by atoms with E-state index >= 15 is 0 Å². The molecule has 0 saturated carbocycles. The lowest BCUT2D eigenvalue weighted by atomic mass is 10.1. The van der Waals surface area contributed by atoms with Crippen LogP contribution in [0.25, 0.3) is 6.08 Å². The maximum absolute atomic E-state index is 12.3. The zero-order valence-electron chi connectivity index (χ0n) is 13.3. The lowest BCUT2D eigenvalue weighted by Gasteiger charge is -2.07. The summed E-state index contributed by atoms with van der Waals surface area (Å²) in [6.07, 6.45) is 2.41. The van der Waals surface area contributed by atoms with Crippen molar-refractivity contribution >= 4 is 17.9 Å². The summed E-state index contributed by atoms with van der Waals surface area (Å²) in [5.41, 5.74) is 6.18. The predicted octanol–water partition coefficient (Wildman–Crippen LogP) is 3.07. The van der Waals surface area contributed by atoms with Crippen molar-refractivity contribution in [2.45, 2.75) is 13.5 Å². The molecule has 2 aromatic rings. The molecule has 0 aliphatic rings. The van der Waals surface area contributed by atoms with Crippen LogP contribution in [-0.2, 0) is 4.79 Å². The normalized spacial score (nSPS) is 10.7. The van der Waals surface area contributed by atoms with Crippen molar-refractivity contribution in [1.82, 2.24) is 10.9 Å². The molecule has 2 N–H and O–H groups in total. The Morgan fingerprint density at radius 3 is 2.40 bits per heavy atom. The van der Waals surface area contributed by atoms with Gasteiger partial charge in [0.05, 0.1) is 0 Å². The number of carbonyl (C=O) groups excluding carboxylic acids is 2. The van der Waals surface area contributed by atoms with Gasteiger partial charge in [0, 0.05) is 17.2 Å². The first kappa shape index (κ1) is 18.1. The van der Waals surface area contributed by atoms with Crippen molar-refractivity contribution in [3.8, 4) is 5.75 Å². The number of alkyl halides is 2. The minimum Gasteiger partial charge on any atom is -0.434 e. The molecule has 0 aliphatic carbocycles. The van der Waals surface area contributed by atoms with E-state index in [1.54, 1.807) is 30.3 Å². The summed E-state index contributed by atoms with van der Waals surface area (Å²) in [6.45, 7) is -1.07. The van der Waals surface area contributed by atoms with Gasteiger partial charge in [-0.15, -0.1) is 0 Å². The molecule has 0 radical (unpaired) electrons. The maximum Gasteiger partial charge on any atom is 0.387 e. The molecule has 0 atom stereocenters. The Labute approximate surface area is 143 Å². The van der Waals surface area contributed by atoms with Crippen molar-refractivity contribution in [3.63, 3.8) is 0 Å². The molecule has 130 valence electrons. The molecule has 0 aromatic heterocycles. The average molecular weight is 346 g/mol. The minimum atomic E-state index is -2.96. The Bertz CT molecular complexity index is 774. The predicted molar refractivity (Wildman–Crippen MR) is 88.9 cm³/mol. The standard InChI is InChI=1S/C18H16F2N2O3/c1-12-6-8-14(9-7-12)17(24)22-21-16(23)11-10-13-4-2-3-5-15(13)25-18(19)20/h2-11,18H,1H3,(H,21,23)(H,22,24)/b11-10+. The molecule has 0 spiro atoms. The number of para-hydroxylation sites is 1. The van der Waals surface area contributed by atoms with Crippen LogP contribution in [0.15, 0.2) is 54.6 Å². The summed E-state index contributed by atoms with van der Waals surface area (Å²) in [5, 5.41) is 0. The van der Waals surface area contributed by atoms with Gasteiger partial charge >= 0.3 is 6.61 Å². The van der Waals surface area contributed by atoms with Crippen molar-refractivity contribution < 1.29 is 23.1 Å². The molecule has 7 heteroatoms. The fourth-order valence-electron chi connectivity index (χ4n) is 1.92. The number of amides is 2. The van der Waals surface area contributed by atoms with E-state index in [9.17, 15) is 18.4 Å². The molecule has 2 aromatic carbocycles. The van der Waals surface area contributed by atoms with Gasteiger partial charge in [-0.05, 0) is 31.2 Å². The Balaban J connectivity index is 1.93. The van der Waals surface area contributed by atoms with Gasteiger partial charge in [-0.2, -0.15) is 8.78 Å². The third-order valence-electron chi connectivity index (χ3n) is 3.16. The van der Waals surface area contributed by atoms with Gasteiger partial charge in [0.2, 0.25) is 0 Å². The SMILES string of the molecule is Cc1ccc(C(=O)NNC(=O)/C=C/c2ccccc2OC(F)F)cc1. The van der Waals surface area contributed by atoms with E-state index in [0.717, 1.165) is 11.6 Å². The smallest absolute Gasteiger partial charge is 0.387 e. The highest BCUT2D eigenvalue weighted by molar-refractivity contribution is 5.98. The van der Waals surface area contributed by atoms with Gasteiger partial charge in [-0.1, -0.05) is 35.9 Å². The van der Waals surface area contributed by atoms with Gasteiger partial charge < -0.3 is 4.74 Å². The van der Waals surface area contributed by atoms with E-state index in [1.807, 2.05) is 6.92 Å². The van der Waals surface area contributed by atoms with Gasteiger partial charge in [-0.3, -0.25) is 20.4 Å². The third kappa shape index (κ3) is 5.72. The summed E-state index contributed by atoms with van der Waals surface area (Å²) < 4.78 is 29.0. The molecule has 0 heterocycles. The lowest BCUT2D eigenvalue weighted by Crippen LogP contribution is -2.40. The number of hydrazine groups is 1. The highest BCUT2D eigenvalue weighted by Crippen LogP contribution is 2.21. The zero-order chi connectivity index (χ0) is 18.2. The third-order valence-corrected chi connectivity index (χ3v) is 3.16. The Morgan fingerprint density at radius 1 is 1.04 bits per heavy atom. The van der Waals surface area contributed by atoms with Crippen molar-refractivity contribution in [2.24, 2.45) is 0 Å². The van der Waals surface area contributed by atoms with E-state index in [4.69, 9.17) is 0 Å². The molecule has 0 bridgehead atoms. The number of rotatable bonds is 5. The quantitative estimate of drug-likeness (QED) is 0.646. The molecular weight excluding hydrogens is 330 g/mol. The number of hydrogen-bond acceptors (Lipinski definition) is 3.